The number of fused-ring (bicyclic) bond motifs is 1. The van der Waals surface area contributed by atoms with E-state index in [4.69, 9.17) is 61.9 Å². The van der Waals surface area contributed by atoms with E-state index in [1.165, 1.54) is 12.2 Å². The molecule has 21 N–H and O–H groups in total. The van der Waals surface area contributed by atoms with E-state index >= 15 is 0 Å². The van der Waals surface area contributed by atoms with E-state index in [9.17, 15) is 136 Å². The molecule has 0 aromatic rings. The van der Waals surface area contributed by atoms with Crippen LogP contribution in [0, 0.1) is 23.7 Å². The largest absolute Gasteiger partial charge is 0.547 e. The highest BCUT2D eigenvalue weighted by Crippen LogP contribution is 2.45. The molecule has 0 radical (unpaired) electrons. The van der Waals surface area contributed by atoms with Crippen molar-refractivity contribution in [1.82, 2.24) is 0 Å². The monoisotopic (exact) mass is 1520 g/mol. The number of carboxylic acid groups (broad SMARTS) is 3. The first kappa shape index (κ1) is 83.7. The molecule has 9 rings (SSSR count). The average molecular weight is 1520 g/mol. The zero-order valence-corrected chi connectivity index (χ0v) is 56.0. The van der Waals surface area contributed by atoms with Crippen molar-refractivity contribution in [1.29, 1.82) is 0 Å². The molecular weight excluding hydrogens is 1420 g/mol. The van der Waals surface area contributed by atoms with Crippen LogP contribution in [0.3, 0.4) is 0 Å². The zero-order valence-electron chi connectivity index (χ0n) is 56.0. The third kappa shape index (κ3) is 20.6. The lowest BCUT2D eigenvalue weighted by atomic mass is 9.72. The van der Waals surface area contributed by atoms with E-state index in [2.05, 4.69) is 4.74 Å². The van der Waals surface area contributed by atoms with Crippen molar-refractivity contribution < 1.29 is 202 Å². The number of carbonyl (C=O) groups excluding carboxylic acids is 5. The summed E-state index contributed by atoms with van der Waals surface area (Å²) in [5.41, 5.74) is 0. The minimum absolute atomic E-state index is 0.0103. The number of esters is 4. The summed E-state index contributed by atoms with van der Waals surface area (Å²) in [6.45, 7) is -2.89. The third-order valence-electron chi connectivity index (χ3n) is 20.7. The van der Waals surface area contributed by atoms with Crippen LogP contribution in [0.1, 0.15) is 83.5 Å². The van der Waals surface area contributed by atoms with Gasteiger partial charge in [0.1, 0.15) is 117 Å². The van der Waals surface area contributed by atoms with Gasteiger partial charge >= 0.3 is 35.8 Å². The molecule has 4 saturated carbocycles. The Hall–Kier alpha value is -5.31. The highest BCUT2D eigenvalue weighted by atomic mass is 16.8. The van der Waals surface area contributed by atoms with Crippen LogP contribution >= 0.6 is 0 Å². The minimum atomic E-state index is -2.81. The second-order valence-corrected chi connectivity index (χ2v) is 28.0. The predicted octanol–water partition coefficient (Wildman–Crippen LogP) is -11.6. The quantitative estimate of drug-likeness (QED) is 0.0126. The Balaban J connectivity index is 1.00. The van der Waals surface area contributed by atoms with E-state index in [-0.39, 0.29) is 70.1 Å². The number of carbonyl (C=O) groups is 7. The van der Waals surface area contributed by atoms with Gasteiger partial charge in [-0.1, -0.05) is 12.2 Å². The number of aliphatic hydroxyl groups excluding tert-OH is 18. The fourth-order valence-corrected chi connectivity index (χ4v) is 14.7. The number of aliphatic hydroxyl groups is 20. The van der Waals surface area contributed by atoms with Gasteiger partial charge in [0.2, 0.25) is 6.10 Å². The van der Waals surface area contributed by atoms with Gasteiger partial charge < -0.3 is 174 Å². The van der Waals surface area contributed by atoms with Crippen molar-refractivity contribution in [2.75, 3.05) is 19.8 Å². The van der Waals surface area contributed by atoms with Gasteiger partial charge in [-0.15, -0.1) is 0 Å². The molecule has 0 amide bonds. The Morgan fingerprint density at radius 3 is 1.61 bits per heavy atom. The average Bonchev–Trinajstić information content (AvgIpc) is 0.760. The summed E-state index contributed by atoms with van der Waals surface area (Å²) in [5, 5.41) is 227. The molecule has 0 aromatic heterocycles. The van der Waals surface area contributed by atoms with Crippen LogP contribution in [0.5, 0.6) is 0 Å². The summed E-state index contributed by atoms with van der Waals surface area (Å²) in [6.07, 6.45) is -56.7. The van der Waals surface area contributed by atoms with Crippen LogP contribution in [-0.2, 0) is 90.4 Å². The number of carboxylic acids is 3. The van der Waals surface area contributed by atoms with Crippen molar-refractivity contribution >= 4 is 41.8 Å². The SMILES string of the molecule is O=C(C=CC1CCC(O)C(O)C1)OC[C@H]1O[C@@H](OC2CC(O)C3CC(O[C@@H]4O[C@H](COC(=O)CC(=O)O[C@H](C(=O)O)[C@@H](O)C(=O)O)[C@H](O)[C@H](O)[C@H]4O[C@@H]4O[C@H](CO)[C@@H](O)[C@H](O)[C@H]4OC(=O)C=CC4CCC(O)C(O)C4)C(C4CCC(O)C(O[C@@H]5O[C@H](C(=O)[O-])[C@@H](O)[C@H](O)[C@H]5O)C4)[OH+]C3C2)[C@H](O)[C@@H](O)[C@@H]1O. The van der Waals surface area contributed by atoms with Crippen LogP contribution < -0.4 is 5.11 Å². The molecule has 37 atom stereocenters. The predicted molar refractivity (Wildman–Crippen MR) is 327 cm³/mol. The second kappa shape index (κ2) is 36.9. The Morgan fingerprint density at radius 2 is 1.01 bits per heavy atom. The number of aliphatic carboxylic acids is 3. The van der Waals surface area contributed by atoms with Crippen LogP contribution in [0.15, 0.2) is 24.3 Å². The molecule has 41 heteroatoms. The maximum Gasteiger partial charge on any atom is 0.348 e. The van der Waals surface area contributed by atoms with Crippen molar-refractivity contribution in [2.24, 2.45) is 23.7 Å². The summed E-state index contributed by atoms with van der Waals surface area (Å²) in [5.74, 6) is -14.4. The summed E-state index contributed by atoms with van der Waals surface area (Å²) < 4.78 is 74.1. The molecule has 4 aliphatic carbocycles. The Kier molecular flexibility index (Phi) is 29.4. The summed E-state index contributed by atoms with van der Waals surface area (Å²) in [4.78, 5) is 87.3. The topological polar surface area (TPSA) is 671 Å². The number of hydrogen-bond donors (Lipinski definition) is 20. The molecule has 9 aliphatic rings. The Morgan fingerprint density at radius 1 is 0.476 bits per heavy atom. The van der Waals surface area contributed by atoms with E-state index < -0.39 is 288 Å². The van der Waals surface area contributed by atoms with Gasteiger partial charge in [0, 0.05) is 30.9 Å². The maximum absolute atomic E-state index is 13.6. The Bertz CT molecular complexity index is 2980. The van der Waals surface area contributed by atoms with E-state index in [0.29, 0.717) is 12.8 Å². The van der Waals surface area contributed by atoms with Gasteiger partial charge in [-0.25, -0.2) is 19.2 Å². The lowest BCUT2D eigenvalue weighted by Gasteiger charge is -2.50. The van der Waals surface area contributed by atoms with E-state index in [1.54, 1.807) is 0 Å². The second-order valence-electron chi connectivity index (χ2n) is 28.0. The number of hydrogen-bond acceptors (Lipinski definition) is 38. The molecule has 0 aromatic carbocycles. The van der Waals surface area contributed by atoms with E-state index in [0.717, 1.165) is 12.2 Å². The normalized spacial score (nSPS) is 44.6. The van der Waals surface area contributed by atoms with Crippen molar-refractivity contribution in [2.45, 2.75) is 286 Å². The van der Waals surface area contributed by atoms with Crippen LogP contribution in [-0.4, -0.2) is 371 Å². The fraction of sp³-hybridized carbons (Fsp3) is 0.828. The molecule has 9 fully saturated rings. The van der Waals surface area contributed by atoms with Crippen LogP contribution in [0.25, 0.3) is 0 Å². The van der Waals surface area contributed by atoms with Crippen molar-refractivity contribution in [3.8, 4) is 0 Å². The molecule has 5 aliphatic heterocycles. The fourth-order valence-electron chi connectivity index (χ4n) is 14.7. The van der Waals surface area contributed by atoms with Gasteiger partial charge in [0.25, 0.3) is 0 Å². The molecule has 41 nitrogen and oxygen atoms in total. The first-order chi connectivity index (χ1) is 49.6. The summed E-state index contributed by atoms with van der Waals surface area (Å²) >= 11 is 0. The van der Waals surface area contributed by atoms with Crippen molar-refractivity contribution in [3.63, 3.8) is 0 Å². The number of allylic oxidation sites excluding steroid dienone is 2. The van der Waals surface area contributed by atoms with E-state index in [1.807, 2.05) is 0 Å². The molecule has 15 unspecified atom stereocenters. The van der Waals surface area contributed by atoms with Crippen molar-refractivity contribution in [3.05, 3.63) is 24.3 Å². The minimum Gasteiger partial charge on any atom is -0.547 e. The standard InChI is InChI=1S/C64H94O41/c65-18-35-42(76)47(81)56(102-39(73)10-4-22-2-7-27(67)31(71)12-22)64(99-35)105-57-48(82)44(78)37(20-94-40(74)17-41(75)103-55(60(91)92)52(86)58(87)88)101-63(57)98-34-16-25-29(69)14-24(95-61-50(84)45(79)43(77)36(100-61)19-93-38(72)9-3-21-1-6-26(66)30(70)11-21)15-32(25)96-53(34)23-5-8-28(68)33(13-23)97-62-51(85)46(80)49(83)54(104-62)59(89)90/h3-4,9-10,21-37,42-57,61-71,76-86H,1-2,5-8,11-20H2,(H,87,88)(H,89,90)(H,91,92)/t21?,22?,23?,24?,25?,26?,27?,28?,29?,30?,31?,32?,33?,34?,35-,36-,37-,42-,43-,44+,45+,46+,47+,48+,49+,50-,51-,52-,53?,54+,55+,56-,57-,61-,62-,63-,64+/m1/s1. The van der Waals surface area contributed by atoms with Crippen LogP contribution in [0.4, 0.5) is 0 Å². The van der Waals surface area contributed by atoms with Gasteiger partial charge in [0.05, 0.1) is 67.3 Å². The molecule has 105 heavy (non-hydrogen) atoms. The smallest absolute Gasteiger partial charge is 0.348 e. The lowest BCUT2D eigenvalue weighted by Crippen LogP contribution is -2.66. The van der Waals surface area contributed by atoms with Gasteiger partial charge in [-0.05, 0) is 76.0 Å². The maximum atomic E-state index is 13.6. The van der Waals surface area contributed by atoms with Gasteiger partial charge in [0.15, 0.2) is 49.6 Å². The number of ether oxygens (including phenoxy) is 13. The molecular formula is C64H94O41. The van der Waals surface area contributed by atoms with Gasteiger partial charge in [-0.2, -0.15) is 0 Å². The molecule has 596 valence electrons. The summed E-state index contributed by atoms with van der Waals surface area (Å²) in [7, 11) is 0. The highest BCUT2D eigenvalue weighted by Gasteiger charge is 2.59. The lowest BCUT2D eigenvalue weighted by molar-refractivity contribution is -0.389. The highest BCUT2D eigenvalue weighted by molar-refractivity contribution is 5.93. The van der Waals surface area contributed by atoms with Gasteiger partial charge in [-0.3, -0.25) is 9.59 Å². The zero-order chi connectivity index (χ0) is 76.7. The van der Waals surface area contributed by atoms with Crippen LogP contribution in [0.2, 0.25) is 0 Å². The third-order valence-corrected chi connectivity index (χ3v) is 20.7. The first-order valence-corrected chi connectivity index (χ1v) is 34.5. The molecule has 5 saturated heterocycles. The first-order valence-electron chi connectivity index (χ1n) is 34.5. The molecule has 0 spiro atoms. The Labute approximate surface area is 596 Å². The number of rotatable bonds is 26. The summed E-state index contributed by atoms with van der Waals surface area (Å²) in [6, 6.07) is 0. The molecule has 0 bridgehead atoms. The molecule has 5 heterocycles.